The molecule has 0 radical (unpaired) electrons. The van der Waals surface area contributed by atoms with Crippen LogP contribution in [0.4, 0.5) is 0 Å². The van der Waals surface area contributed by atoms with Gasteiger partial charge in [0, 0.05) is 57.1 Å². The van der Waals surface area contributed by atoms with E-state index in [-0.39, 0.29) is 24.0 Å². The van der Waals surface area contributed by atoms with Gasteiger partial charge in [0.1, 0.15) is 0 Å². The Morgan fingerprint density at radius 2 is 2.08 bits per heavy atom. The van der Waals surface area contributed by atoms with Crippen molar-refractivity contribution in [2.45, 2.75) is 26.3 Å². The van der Waals surface area contributed by atoms with Gasteiger partial charge in [-0.05, 0) is 25.6 Å². The fourth-order valence-electron chi connectivity index (χ4n) is 2.79. The minimum absolute atomic E-state index is 0. The van der Waals surface area contributed by atoms with Crippen LogP contribution in [0.3, 0.4) is 0 Å². The first-order valence-corrected chi connectivity index (χ1v) is 8.59. The first-order valence-electron chi connectivity index (χ1n) is 8.59. The minimum Gasteiger partial charge on any atom is -0.370 e. The molecule has 136 valence electrons. The third kappa shape index (κ3) is 7.31. The number of nitrogens with zero attached hydrogens (tertiary/aromatic N) is 4. The number of piperazine rings is 1. The van der Waals surface area contributed by atoms with E-state index in [1.54, 1.807) is 0 Å². The van der Waals surface area contributed by atoms with Crippen molar-refractivity contribution in [3.63, 3.8) is 0 Å². The van der Waals surface area contributed by atoms with E-state index in [1.165, 1.54) is 0 Å². The second-order valence-corrected chi connectivity index (χ2v) is 6.04. The predicted molar refractivity (Wildman–Crippen MR) is 111 cm³/mol. The van der Waals surface area contributed by atoms with Crippen molar-refractivity contribution < 1.29 is 0 Å². The van der Waals surface area contributed by atoms with Crippen LogP contribution in [-0.4, -0.2) is 72.6 Å². The van der Waals surface area contributed by atoms with E-state index in [1.807, 2.05) is 24.4 Å². The second kappa shape index (κ2) is 11.6. The highest BCUT2D eigenvalue weighted by Gasteiger charge is 2.19. The Balaban J connectivity index is 0.00000288. The molecule has 0 aromatic carbocycles. The number of nitrogens with one attached hydrogen (secondary N) is 1. The van der Waals surface area contributed by atoms with Crippen molar-refractivity contribution in [3.8, 4) is 0 Å². The minimum atomic E-state index is 0. The second-order valence-electron chi connectivity index (χ2n) is 6.04. The molecule has 7 heteroatoms. The van der Waals surface area contributed by atoms with Gasteiger partial charge in [-0.25, -0.2) is 0 Å². The Kier molecular flexibility index (Phi) is 10.2. The Bertz CT molecular complexity index is 473. The largest absolute Gasteiger partial charge is 0.370 e. The number of aromatic nitrogens is 1. The van der Waals surface area contributed by atoms with Gasteiger partial charge in [-0.3, -0.25) is 14.9 Å². The van der Waals surface area contributed by atoms with Crippen LogP contribution in [0.25, 0.3) is 0 Å². The number of halogens is 1. The van der Waals surface area contributed by atoms with E-state index >= 15 is 0 Å². The highest BCUT2D eigenvalue weighted by atomic mass is 127. The van der Waals surface area contributed by atoms with E-state index in [9.17, 15) is 0 Å². The van der Waals surface area contributed by atoms with Gasteiger partial charge < -0.3 is 16.0 Å². The highest BCUT2D eigenvalue weighted by Crippen LogP contribution is 2.06. The van der Waals surface area contributed by atoms with Crippen LogP contribution in [0.15, 0.2) is 29.4 Å². The smallest absolute Gasteiger partial charge is 0.188 e. The van der Waals surface area contributed by atoms with Gasteiger partial charge in [0.2, 0.25) is 0 Å². The summed E-state index contributed by atoms with van der Waals surface area (Å²) in [6, 6.07) is 6.38. The number of hydrogen-bond donors (Lipinski definition) is 2. The zero-order chi connectivity index (χ0) is 16.5. The van der Waals surface area contributed by atoms with Gasteiger partial charge in [-0.2, -0.15) is 0 Å². The Hall–Kier alpha value is -0.930. The third-order valence-electron chi connectivity index (χ3n) is 4.42. The molecule has 1 saturated heterocycles. The normalized spacial score (nSPS) is 18.0. The van der Waals surface area contributed by atoms with Crippen molar-refractivity contribution >= 4 is 29.9 Å². The summed E-state index contributed by atoms with van der Waals surface area (Å²) < 4.78 is 0. The van der Waals surface area contributed by atoms with Crippen LogP contribution in [0.2, 0.25) is 0 Å². The number of hydrogen-bond acceptors (Lipinski definition) is 4. The van der Waals surface area contributed by atoms with E-state index in [0.717, 1.165) is 57.9 Å². The standard InChI is InChI=1S/C17H30N6.HI/c1-3-22-10-12-23(13-11-22)15(2)14-21-17(18)20-9-7-16-6-4-5-8-19-16;/h4-6,8,15H,3,7,9-14H2,1-2H3,(H3,18,20,21);1H. The molecule has 0 aliphatic carbocycles. The molecule has 0 bridgehead atoms. The lowest BCUT2D eigenvalue weighted by Gasteiger charge is -2.37. The van der Waals surface area contributed by atoms with Crippen LogP contribution >= 0.6 is 24.0 Å². The first kappa shape index (κ1) is 21.1. The Labute approximate surface area is 162 Å². The molecular formula is C17H31IN6. The molecule has 0 saturated carbocycles. The molecule has 1 fully saturated rings. The lowest BCUT2D eigenvalue weighted by Crippen LogP contribution is -2.50. The number of pyridine rings is 1. The lowest BCUT2D eigenvalue weighted by molar-refractivity contribution is 0.109. The summed E-state index contributed by atoms with van der Waals surface area (Å²) in [6.07, 6.45) is 2.67. The summed E-state index contributed by atoms with van der Waals surface area (Å²) in [5.74, 6) is 0.528. The highest BCUT2D eigenvalue weighted by molar-refractivity contribution is 14.0. The van der Waals surface area contributed by atoms with Crippen molar-refractivity contribution in [1.82, 2.24) is 20.1 Å². The number of nitrogens with two attached hydrogens (primary N) is 1. The maximum absolute atomic E-state index is 5.95. The van der Waals surface area contributed by atoms with Gasteiger partial charge in [0.25, 0.3) is 0 Å². The fourth-order valence-corrected chi connectivity index (χ4v) is 2.79. The fraction of sp³-hybridized carbons (Fsp3) is 0.647. The van der Waals surface area contributed by atoms with Crippen molar-refractivity contribution in [2.75, 3.05) is 45.8 Å². The SMILES string of the molecule is CCN1CCN(C(C)CN=C(N)NCCc2ccccn2)CC1.I. The van der Waals surface area contributed by atoms with E-state index in [2.05, 4.69) is 38.9 Å². The third-order valence-corrected chi connectivity index (χ3v) is 4.42. The van der Waals surface area contributed by atoms with Crippen LogP contribution in [0.1, 0.15) is 19.5 Å². The maximum atomic E-state index is 5.95. The van der Waals surface area contributed by atoms with Crippen molar-refractivity contribution in [1.29, 1.82) is 0 Å². The monoisotopic (exact) mass is 446 g/mol. The first-order chi connectivity index (χ1) is 11.2. The molecule has 1 unspecified atom stereocenters. The molecule has 2 rings (SSSR count). The zero-order valence-electron chi connectivity index (χ0n) is 14.8. The summed E-state index contributed by atoms with van der Waals surface area (Å²) in [4.78, 5) is 13.8. The van der Waals surface area contributed by atoms with Gasteiger partial charge in [0.15, 0.2) is 5.96 Å². The molecular weight excluding hydrogens is 415 g/mol. The zero-order valence-corrected chi connectivity index (χ0v) is 17.1. The summed E-state index contributed by atoms with van der Waals surface area (Å²) >= 11 is 0. The molecule has 0 spiro atoms. The summed E-state index contributed by atoms with van der Waals surface area (Å²) in [6.45, 7) is 11.7. The predicted octanol–water partition coefficient (Wildman–Crippen LogP) is 1.17. The van der Waals surface area contributed by atoms with Crippen LogP contribution in [-0.2, 0) is 6.42 Å². The topological polar surface area (TPSA) is 69.8 Å². The van der Waals surface area contributed by atoms with Crippen molar-refractivity contribution in [2.24, 2.45) is 10.7 Å². The molecule has 24 heavy (non-hydrogen) atoms. The molecule has 2 heterocycles. The summed E-state index contributed by atoms with van der Waals surface area (Å²) in [5, 5.41) is 3.17. The average Bonchev–Trinajstić information content (AvgIpc) is 2.60. The molecule has 0 amide bonds. The number of likely N-dealkylation sites (N-methyl/N-ethyl adjacent to an activating group) is 1. The van der Waals surface area contributed by atoms with Crippen LogP contribution in [0, 0.1) is 0 Å². The summed E-state index contributed by atoms with van der Waals surface area (Å²) in [5.41, 5.74) is 7.02. The van der Waals surface area contributed by atoms with Gasteiger partial charge >= 0.3 is 0 Å². The molecule has 1 aliphatic rings. The number of guanidine groups is 1. The van der Waals surface area contributed by atoms with Crippen LogP contribution < -0.4 is 11.1 Å². The maximum Gasteiger partial charge on any atom is 0.188 e. The molecule has 6 nitrogen and oxygen atoms in total. The Morgan fingerprint density at radius 3 is 2.71 bits per heavy atom. The molecule has 1 aromatic heterocycles. The summed E-state index contributed by atoms with van der Waals surface area (Å²) in [7, 11) is 0. The lowest BCUT2D eigenvalue weighted by atomic mass is 10.2. The molecule has 1 atom stereocenters. The average molecular weight is 446 g/mol. The molecule has 1 aromatic rings. The number of rotatable bonds is 7. The Morgan fingerprint density at radius 1 is 1.33 bits per heavy atom. The molecule has 3 N–H and O–H groups in total. The van der Waals surface area contributed by atoms with E-state index in [0.29, 0.717) is 12.0 Å². The number of aliphatic imine (C=N–C) groups is 1. The van der Waals surface area contributed by atoms with E-state index < -0.39 is 0 Å². The van der Waals surface area contributed by atoms with Crippen molar-refractivity contribution in [3.05, 3.63) is 30.1 Å². The van der Waals surface area contributed by atoms with Crippen LogP contribution in [0.5, 0.6) is 0 Å². The van der Waals surface area contributed by atoms with Gasteiger partial charge in [-0.1, -0.05) is 13.0 Å². The van der Waals surface area contributed by atoms with E-state index in [4.69, 9.17) is 5.73 Å². The van der Waals surface area contributed by atoms with Gasteiger partial charge in [0.05, 0.1) is 6.54 Å². The quantitative estimate of drug-likeness (QED) is 0.374. The molecule has 1 aliphatic heterocycles. The van der Waals surface area contributed by atoms with Gasteiger partial charge in [-0.15, -0.1) is 24.0 Å².